The lowest BCUT2D eigenvalue weighted by molar-refractivity contribution is -0.124. The molecule has 1 unspecified atom stereocenters. The number of hydrogen-bond donors (Lipinski definition) is 2. The van der Waals surface area contributed by atoms with E-state index < -0.39 is 0 Å². The fourth-order valence-electron chi connectivity index (χ4n) is 3.12. The predicted molar refractivity (Wildman–Crippen MR) is 88.0 cm³/mol. The average Bonchev–Trinajstić information content (AvgIpc) is 2.46. The van der Waals surface area contributed by atoms with Gasteiger partial charge in [0.1, 0.15) is 0 Å². The third-order valence-electron chi connectivity index (χ3n) is 4.29. The molecule has 1 amide bonds. The Hall–Kier alpha value is -0.0300. The van der Waals surface area contributed by atoms with Crippen molar-refractivity contribution in [2.75, 3.05) is 26.2 Å². The molecule has 20 heavy (non-hydrogen) atoms. The van der Waals surface area contributed by atoms with Crippen LogP contribution >= 0.6 is 24.8 Å². The van der Waals surface area contributed by atoms with E-state index in [9.17, 15) is 4.79 Å². The molecule has 2 aliphatic heterocycles. The first-order valence-corrected chi connectivity index (χ1v) is 7.56. The van der Waals surface area contributed by atoms with Crippen LogP contribution in [0.1, 0.15) is 45.4 Å². The van der Waals surface area contributed by atoms with Gasteiger partial charge in [0.25, 0.3) is 0 Å². The van der Waals surface area contributed by atoms with E-state index in [0.29, 0.717) is 6.04 Å². The molecule has 0 aromatic rings. The van der Waals surface area contributed by atoms with Gasteiger partial charge in [0.05, 0.1) is 6.04 Å². The molecule has 0 aromatic heterocycles. The molecule has 4 nitrogen and oxygen atoms in total. The second-order valence-corrected chi connectivity index (χ2v) is 5.53. The highest BCUT2D eigenvalue weighted by atomic mass is 35.5. The number of nitrogens with one attached hydrogen (secondary N) is 2. The van der Waals surface area contributed by atoms with Crippen LogP contribution in [0.25, 0.3) is 0 Å². The van der Waals surface area contributed by atoms with Crippen molar-refractivity contribution in [3.63, 3.8) is 0 Å². The Kier molecular flexibility index (Phi) is 10.6. The normalized spacial score (nSPS) is 27.1. The van der Waals surface area contributed by atoms with Gasteiger partial charge < -0.3 is 10.6 Å². The van der Waals surface area contributed by atoms with E-state index in [1.54, 1.807) is 0 Å². The van der Waals surface area contributed by atoms with Gasteiger partial charge in [-0.2, -0.15) is 0 Å². The van der Waals surface area contributed by atoms with Crippen molar-refractivity contribution in [3.05, 3.63) is 0 Å². The van der Waals surface area contributed by atoms with Gasteiger partial charge in [-0.3, -0.25) is 9.69 Å². The van der Waals surface area contributed by atoms with E-state index >= 15 is 0 Å². The van der Waals surface area contributed by atoms with Crippen LogP contribution in [0.2, 0.25) is 0 Å². The second kappa shape index (κ2) is 10.7. The molecule has 6 heteroatoms. The van der Waals surface area contributed by atoms with Gasteiger partial charge in [0, 0.05) is 12.6 Å². The zero-order valence-electron chi connectivity index (χ0n) is 12.4. The van der Waals surface area contributed by atoms with E-state index in [1.807, 2.05) is 0 Å². The maximum absolute atomic E-state index is 12.0. The fraction of sp³-hybridized carbons (Fsp3) is 0.929. The Morgan fingerprint density at radius 2 is 1.95 bits per heavy atom. The van der Waals surface area contributed by atoms with Crippen molar-refractivity contribution in [2.45, 2.75) is 57.5 Å². The minimum atomic E-state index is 0. The van der Waals surface area contributed by atoms with Crippen molar-refractivity contribution in [1.29, 1.82) is 0 Å². The average molecular weight is 326 g/mol. The van der Waals surface area contributed by atoms with Gasteiger partial charge in [-0.05, 0) is 45.3 Å². The van der Waals surface area contributed by atoms with Crippen LogP contribution < -0.4 is 10.6 Å². The Bertz CT molecular complexity index is 273. The van der Waals surface area contributed by atoms with Gasteiger partial charge in [0.15, 0.2) is 0 Å². The molecule has 0 aromatic carbocycles. The van der Waals surface area contributed by atoms with Gasteiger partial charge >= 0.3 is 0 Å². The maximum atomic E-state index is 12.0. The molecule has 0 aliphatic carbocycles. The molecule has 0 radical (unpaired) electrons. The minimum absolute atomic E-state index is 0. The fourth-order valence-corrected chi connectivity index (χ4v) is 3.12. The standard InChI is InChI=1S/C14H27N3O.2ClH/c1-2-17-10-6-4-7-12(17)11-16-14(18)13-8-3-5-9-15-13;;/h12-13,15H,2-11H2,1H3,(H,16,18);2*1H/t12?,13-;;/m1../s1. The zero-order valence-corrected chi connectivity index (χ0v) is 14.0. The van der Waals surface area contributed by atoms with Crippen LogP contribution in [-0.4, -0.2) is 49.1 Å². The van der Waals surface area contributed by atoms with E-state index in [2.05, 4.69) is 22.5 Å². The molecule has 2 fully saturated rings. The summed E-state index contributed by atoms with van der Waals surface area (Å²) in [5.41, 5.74) is 0. The number of rotatable bonds is 4. The molecule has 2 heterocycles. The summed E-state index contributed by atoms with van der Waals surface area (Å²) >= 11 is 0. The van der Waals surface area contributed by atoms with Crippen molar-refractivity contribution in [2.24, 2.45) is 0 Å². The van der Waals surface area contributed by atoms with Crippen LogP contribution in [0, 0.1) is 0 Å². The number of carbonyl (C=O) groups is 1. The van der Waals surface area contributed by atoms with Crippen molar-refractivity contribution >= 4 is 30.7 Å². The highest BCUT2D eigenvalue weighted by molar-refractivity contribution is 5.85. The summed E-state index contributed by atoms with van der Waals surface area (Å²) in [5.74, 6) is 0.205. The predicted octanol–water partition coefficient (Wildman–Crippen LogP) is 1.96. The monoisotopic (exact) mass is 325 g/mol. The highest BCUT2D eigenvalue weighted by Crippen LogP contribution is 2.16. The van der Waals surface area contributed by atoms with Gasteiger partial charge in [-0.15, -0.1) is 24.8 Å². The number of hydrogen-bond acceptors (Lipinski definition) is 3. The number of likely N-dealkylation sites (N-methyl/N-ethyl adjacent to an activating group) is 1. The third-order valence-corrected chi connectivity index (χ3v) is 4.29. The van der Waals surface area contributed by atoms with E-state index in [0.717, 1.165) is 26.1 Å². The van der Waals surface area contributed by atoms with Crippen LogP contribution in [0.4, 0.5) is 0 Å². The van der Waals surface area contributed by atoms with Crippen LogP contribution in [0.5, 0.6) is 0 Å². The molecule has 0 saturated carbocycles. The van der Waals surface area contributed by atoms with Crippen molar-refractivity contribution in [3.8, 4) is 0 Å². The van der Waals surface area contributed by atoms with Crippen LogP contribution in [-0.2, 0) is 4.79 Å². The summed E-state index contributed by atoms with van der Waals surface area (Å²) in [6.45, 7) is 6.32. The molecule has 120 valence electrons. The van der Waals surface area contributed by atoms with Crippen LogP contribution in [0.15, 0.2) is 0 Å². The topological polar surface area (TPSA) is 44.4 Å². The van der Waals surface area contributed by atoms with Crippen molar-refractivity contribution < 1.29 is 4.79 Å². The van der Waals surface area contributed by atoms with Gasteiger partial charge in [-0.1, -0.05) is 19.8 Å². The smallest absolute Gasteiger partial charge is 0.237 e. The summed E-state index contributed by atoms with van der Waals surface area (Å²) < 4.78 is 0. The first kappa shape index (κ1) is 20.0. The zero-order chi connectivity index (χ0) is 12.8. The van der Waals surface area contributed by atoms with Gasteiger partial charge in [-0.25, -0.2) is 0 Å². The maximum Gasteiger partial charge on any atom is 0.237 e. The first-order chi connectivity index (χ1) is 8.81. The molecule has 2 aliphatic rings. The summed E-state index contributed by atoms with van der Waals surface area (Å²) in [7, 11) is 0. The van der Waals surface area contributed by atoms with E-state index in [4.69, 9.17) is 0 Å². The number of piperidine rings is 2. The summed E-state index contributed by atoms with van der Waals surface area (Å²) in [5, 5.41) is 6.45. The minimum Gasteiger partial charge on any atom is -0.353 e. The Labute approximate surface area is 135 Å². The summed E-state index contributed by atoms with van der Waals surface area (Å²) in [4.78, 5) is 14.5. The van der Waals surface area contributed by atoms with E-state index in [-0.39, 0.29) is 36.8 Å². The lowest BCUT2D eigenvalue weighted by Gasteiger charge is -2.35. The number of carbonyl (C=O) groups excluding carboxylic acids is 1. The molecule has 2 rings (SSSR count). The number of likely N-dealkylation sites (tertiary alicyclic amines) is 1. The quantitative estimate of drug-likeness (QED) is 0.830. The second-order valence-electron chi connectivity index (χ2n) is 5.53. The largest absolute Gasteiger partial charge is 0.353 e. The summed E-state index contributed by atoms with van der Waals surface area (Å²) in [6.07, 6.45) is 7.22. The lowest BCUT2D eigenvalue weighted by Crippen LogP contribution is -2.51. The lowest BCUT2D eigenvalue weighted by atomic mass is 10.0. The first-order valence-electron chi connectivity index (χ1n) is 7.56. The molecule has 0 spiro atoms. The van der Waals surface area contributed by atoms with E-state index in [1.165, 1.54) is 38.6 Å². The number of amides is 1. The van der Waals surface area contributed by atoms with Gasteiger partial charge in [0.2, 0.25) is 5.91 Å². The Morgan fingerprint density at radius 1 is 1.20 bits per heavy atom. The molecular weight excluding hydrogens is 297 g/mol. The molecule has 0 bridgehead atoms. The third kappa shape index (κ3) is 5.76. The molecule has 2 saturated heterocycles. The molecule has 2 atom stereocenters. The van der Waals surface area contributed by atoms with Crippen molar-refractivity contribution in [1.82, 2.24) is 15.5 Å². The highest BCUT2D eigenvalue weighted by Gasteiger charge is 2.24. The number of nitrogens with zero attached hydrogens (tertiary/aromatic N) is 1. The SMILES string of the molecule is CCN1CCCCC1CNC(=O)[C@H]1CCCCN1.Cl.Cl. The molecule has 2 N–H and O–H groups in total. The Morgan fingerprint density at radius 3 is 2.60 bits per heavy atom. The van der Waals surface area contributed by atoms with Crippen LogP contribution in [0.3, 0.4) is 0 Å². The summed E-state index contributed by atoms with van der Waals surface area (Å²) in [6, 6.07) is 0.605. The number of halogens is 2. The Balaban J connectivity index is 0.00000180. The molecular formula is C14H29Cl2N3O.